The Hall–Kier alpha value is -1.44. The molecule has 0 amide bonds. The van der Waals surface area contributed by atoms with E-state index in [-0.39, 0.29) is 0 Å². The summed E-state index contributed by atoms with van der Waals surface area (Å²) >= 11 is 5.14. The molecule has 1 aliphatic rings. The Morgan fingerprint density at radius 3 is 3.10 bits per heavy atom. The zero-order valence-corrected chi connectivity index (χ0v) is 14.2. The summed E-state index contributed by atoms with van der Waals surface area (Å²) in [6, 6.07) is 10.4. The van der Waals surface area contributed by atoms with Crippen molar-refractivity contribution in [2.45, 2.75) is 26.2 Å². The number of halogens is 1. The van der Waals surface area contributed by atoms with Gasteiger partial charge >= 0.3 is 0 Å². The second kappa shape index (κ2) is 6.13. The number of hydrogen-bond acceptors (Lipinski definition) is 3. The Morgan fingerprint density at radius 1 is 1.48 bits per heavy atom. The van der Waals surface area contributed by atoms with Crippen molar-refractivity contribution < 1.29 is 0 Å². The molecule has 3 rings (SSSR count). The van der Waals surface area contributed by atoms with Gasteiger partial charge in [-0.1, -0.05) is 35.0 Å². The third-order valence-corrected chi connectivity index (χ3v) is 5.44. The van der Waals surface area contributed by atoms with Crippen molar-refractivity contribution >= 4 is 38.5 Å². The first kappa shape index (κ1) is 14.5. The first-order chi connectivity index (χ1) is 10.2. The van der Waals surface area contributed by atoms with Crippen molar-refractivity contribution in [1.82, 2.24) is 0 Å². The molecular formula is C17H15BrN2S. The van der Waals surface area contributed by atoms with Gasteiger partial charge in [-0.05, 0) is 48.4 Å². The third kappa shape index (κ3) is 3.09. The molecule has 4 heteroatoms. The maximum atomic E-state index is 9.45. The van der Waals surface area contributed by atoms with Crippen molar-refractivity contribution in [1.29, 1.82) is 5.26 Å². The molecule has 1 heterocycles. The number of fused-ring (bicyclic) bond motifs is 1. The molecule has 106 valence electrons. The lowest BCUT2D eigenvalue weighted by atomic mass is 9.89. The van der Waals surface area contributed by atoms with Crippen LogP contribution in [0.3, 0.4) is 0 Å². The summed E-state index contributed by atoms with van der Waals surface area (Å²) in [6.45, 7) is 2.28. The lowest BCUT2D eigenvalue weighted by Crippen LogP contribution is -2.09. The number of nitriles is 1. The van der Waals surface area contributed by atoms with Gasteiger partial charge in [-0.25, -0.2) is 4.99 Å². The van der Waals surface area contributed by atoms with Crippen molar-refractivity contribution in [2.75, 3.05) is 0 Å². The van der Waals surface area contributed by atoms with Crippen LogP contribution < -0.4 is 0 Å². The molecule has 0 saturated heterocycles. The van der Waals surface area contributed by atoms with Gasteiger partial charge in [0.2, 0.25) is 0 Å². The molecule has 2 aromatic rings. The van der Waals surface area contributed by atoms with Crippen molar-refractivity contribution in [3.63, 3.8) is 0 Å². The van der Waals surface area contributed by atoms with Crippen molar-refractivity contribution in [3.8, 4) is 6.07 Å². The molecule has 2 nitrogen and oxygen atoms in total. The maximum absolute atomic E-state index is 9.45. The highest BCUT2D eigenvalue weighted by Crippen LogP contribution is 2.40. The van der Waals surface area contributed by atoms with Gasteiger partial charge in [-0.2, -0.15) is 5.26 Å². The van der Waals surface area contributed by atoms with Crippen LogP contribution in [0.15, 0.2) is 33.7 Å². The Labute approximate surface area is 137 Å². The molecule has 1 aromatic carbocycles. The van der Waals surface area contributed by atoms with E-state index in [0.29, 0.717) is 5.92 Å². The summed E-state index contributed by atoms with van der Waals surface area (Å²) in [5.74, 6) is 0.713. The van der Waals surface area contributed by atoms with E-state index in [9.17, 15) is 5.26 Å². The van der Waals surface area contributed by atoms with E-state index in [4.69, 9.17) is 0 Å². The molecule has 0 spiro atoms. The van der Waals surface area contributed by atoms with E-state index in [1.54, 1.807) is 11.3 Å². The Bertz CT molecular complexity index is 740. The summed E-state index contributed by atoms with van der Waals surface area (Å²) in [7, 11) is 0. The number of benzene rings is 1. The van der Waals surface area contributed by atoms with Gasteiger partial charge in [-0.3, -0.25) is 0 Å². The molecule has 0 saturated carbocycles. The zero-order chi connectivity index (χ0) is 14.8. The molecule has 0 unspecified atom stereocenters. The average molecular weight is 359 g/mol. The second-order valence-electron chi connectivity index (χ2n) is 5.46. The van der Waals surface area contributed by atoms with E-state index in [0.717, 1.165) is 33.4 Å². The van der Waals surface area contributed by atoms with Crippen LogP contribution >= 0.6 is 27.3 Å². The summed E-state index contributed by atoms with van der Waals surface area (Å²) < 4.78 is 1.03. The SMILES string of the molecule is C[C@@H]1CCc2c(sc(N=Cc3cccc(Br)c3)c2C#N)C1. The fourth-order valence-electron chi connectivity index (χ4n) is 2.66. The van der Waals surface area contributed by atoms with Crippen LogP contribution in [-0.4, -0.2) is 6.21 Å². The molecule has 1 aliphatic carbocycles. The van der Waals surface area contributed by atoms with Crippen LogP contribution in [0.4, 0.5) is 5.00 Å². The zero-order valence-electron chi connectivity index (χ0n) is 11.8. The summed E-state index contributed by atoms with van der Waals surface area (Å²) in [5, 5.41) is 10.3. The summed E-state index contributed by atoms with van der Waals surface area (Å²) in [6.07, 6.45) is 5.11. The highest BCUT2D eigenvalue weighted by atomic mass is 79.9. The number of rotatable bonds is 2. The van der Waals surface area contributed by atoms with Gasteiger partial charge in [-0.15, -0.1) is 11.3 Å². The first-order valence-corrected chi connectivity index (χ1v) is 8.62. The van der Waals surface area contributed by atoms with Gasteiger partial charge in [0, 0.05) is 15.6 Å². The Morgan fingerprint density at radius 2 is 2.33 bits per heavy atom. The summed E-state index contributed by atoms with van der Waals surface area (Å²) in [4.78, 5) is 5.92. The smallest absolute Gasteiger partial charge is 0.134 e. The van der Waals surface area contributed by atoms with Crippen LogP contribution in [0.5, 0.6) is 0 Å². The molecule has 0 N–H and O–H groups in total. The van der Waals surface area contributed by atoms with Crippen LogP contribution in [0.1, 0.15) is 34.9 Å². The topological polar surface area (TPSA) is 36.1 Å². The van der Waals surface area contributed by atoms with E-state index >= 15 is 0 Å². The molecule has 0 aliphatic heterocycles. The van der Waals surface area contributed by atoms with Crippen LogP contribution in [0, 0.1) is 17.2 Å². The van der Waals surface area contributed by atoms with E-state index in [1.165, 1.54) is 16.9 Å². The fourth-order valence-corrected chi connectivity index (χ4v) is 4.38. The summed E-state index contributed by atoms with van der Waals surface area (Å²) in [5.41, 5.74) is 3.06. The van der Waals surface area contributed by atoms with Gasteiger partial charge in [0.05, 0.1) is 5.56 Å². The van der Waals surface area contributed by atoms with Crippen molar-refractivity contribution in [2.24, 2.45) is 10.9 Å². The molecule has 0 fully saturated rings. The average Bonchev–Trinajstić information content (AvgIpc) is 2.81. The maximum Gasteiger partial charge on any atom is 0.134 e. The molecule has 0 radical (unpaired) electrons. The van der Waals surface area contributed by atoms with Gasteiger partial charge in [0.1, 0.15) is 11.1 Å². The van der Waals surface area contributed by atoms with Crippen molar-refractivity contribution in [3.05, 3.63) is 50.3 Å². The van der Waals surface area contributed by atoms with Crippen LogP contribution in [0.2, 0.25) is 0 Å². The van der Waals surface area contributed by atoms with Crippen LogP contribution in [0.25, 0.3) is 0 Å². The monoisotopic (exact) mass is 358 g/mol. The predicted octanol–water partition coefficient (Wildman–Crippen LogP) is 5.26. The van der Waals surface area contributed by atoms with E-state index in [1.807, 2.05) is 30.5 Å². The van der Waals surface area contributed by atoms with E-state index < -0.39 is 0 Å². The number of aliphatic imine (C=N–C) groups is 1. The molecule has 21 heavy (non-hydrogen) atoms. The minimum absolute atomic E-state index is 0.713. The van der Waals surface area contributed by atoms with Gasteiger partial charge in [0.25, 0.3) is 0 Å². The minimum atomic E-state index is 0.713. The van der Waals surface area contributed by atoms with Gasteiger partial charge in [0.15, 0.2) is 0 Å². The molecule has 1 atom stereocenters. The lowest BCUT2D eigenvalue weighted by Gasteiger charge is -2.17. The number of hydrogen-bond donors (Lipinski definition) is 0. The van der Waals surface area contributed by atoms with E-state index in [2.05, 4.69) is 33.9 Å². The minimum Gasteiger partial charge on any atom is -0.244 e. The Kier molecular flexibility index (Phi) is 4.23. The number of thiophene rings is 1. The third-order valence-electron chi connectivity index (χ3n) is 3.78. The van der Waals surface area contributed by atoms with Crippen LogP contribution in [-0.2, 0) is 12.8 Å². The molecule has 1 aromatic heterocycles. The highest BCUT2D eigenvalue weighted by molar-refractivity contribution is 9.10. The Balaban J connectivity index is 1.94. The predicted molar refractivity (Wildman–Crippen MR) is 91.6 cm³/mol. The lowest BCUT2D eigenvalue weighted by molar-refractivity contribution is 0.507. The second-order valence-corrected chi connectivity index (χ2v) is 7.46. The standard InChI is InChI=1S/C17H15BrN2S/c1-11-5-6-14-15(9-19)17(21-16(14)7-11)20-10-12-3-2-4-13(18)8-12/h2-4,8,10-11H,5-7H2,1H3/t11-/m1/s1. The van der Waals surface area contributed by atoms with Gasteiger partial charge < -0.3 is 0 Å². The number of nitrogens with zero attached hydrogens (tertiary/aromatic N) is 2. The molecular weight excluding hydrogens is 344 g/mol. The molecule has 0 bridgehead atoms. The largest absolute Gasteiger partial charge is 0.244 e. The fraction of sp³-hybridized carbons (Fsp3) is 0.294. The quantitative estimate of drug-likeness (QED) is 0.674. The first-order valence-electron chi connectivity index (χ1n) is 7.01. The highest BCUT2D eigenvalue weighted by Gasteiger charge is 2.23. The normalized spacial score (nSPS) is 17.7.